The van der Waals surface area contributed by atoms with Crippen LogP contribution in [0.5, 0.6) is 11.5 Å². The first-order chi connectivity index (χ1) is 10.0. The lowest BCUT2D eigenvalue weighted by atomic mass is 10.1. The molecule has 0 aliphatic carbocycles. The molecule has 0 amide bonds. The minimum atomic E-state index is -0.599. The van der Waals surface area contributed by atoms with Crippen molar-refractivity contribution < 1.29 is 14.8 Å². The fourth-order valence-electron chi connectivity index (χ4n) is 1.66. The smallest absolute Gasteiger partial charge is 0.273 e. The van der Waals surface area contributed by atoms with E-state index in [4.69, 9.17) is 16.3 Å². The number of nitrogens with zero attached hydrogens (tertiary/aromatic N) is 2. The summed E-state index contributed by atoms with van der Waals surface area (Å²) in [4.78, 5) is 14.3. The molecule has 6 nitrogen and oxygen atoms in total. The molecule has 0 N–H and O–H groups in total. The number of hydrogen-bond donors (Lipinski definition) is 0. The van der Waals surface area contributed by atoms with Crippen LogP contribution in [0.25, 0.3) is 0 Å². The van der Waals surface area contributed by atoms with Gasteiger partial charge in [-0.3, -0.25) is 15.1 Å². The third kappa shape index (κ3) is 3.49. The van der Waals surface area contributed by atoms with Crippen molar-refractivity contribution in [2.45, 2.75) is 0 Å². The molecule has 2 aromatic rings. The predicted octanol–water partition coefficient (Wildman–Crippen LogP) is 3.08. The Morgan fingerprint density at radius 1 is 1.33 bits per heavy atom. The summed E-state index contributed by atoms with van der Waals surface area (Å²) in [6.45, 7) is 0. The first-order valence-electron chi connectivity index (χ1n) is 5.84. The van der Waals surface area contributed by atoms with E-state index in [1.54, 1.807) is 24.3 Å². The third-order valence-corrected chi connectivity index (χ3v) is 2.90. The van der Waals surface area contributed by atoms with E-state index in [1.165, 1.54) is 13.3 Å². The van der Waals surface area contributed by atoms with Crippen LogP contribution in [0.1, 0.15) is 5.56 Å². The van der Waals surface area contributed by atoms with E-state index >= 15 is 0 Å². The topological polar surface area (TPSA) is 87.8 Å². The zero-order chi connectivity index (χ0) is 15.4. The number of aliphatic imine (C=N–C) groups is 1. The lowest BCUT2D eigenvalue weighted by Gasteiger charge is -2.14. The van der Waals surface area contributed by atoms with E-state index in [0.29, 0.717) is 10.7 Å². The van der Waals surface area contributed by atoms with Crippen LogP contribution in [-0.4, -0.2) is 18.2 Å². The fraction of sp³-hybridized carbons (Fsp3) is 0.0714. The number of hydrogen-bond acceptors (Lipinski definition) is 5. The molecule has 0 unspecified atom stereocenters. The van der Waals surface area contributed by atoms with Gasteiger partial charge >= 0.3 is 0 Å². The van der Waals surface area contributed by atoms with Gasteiger partial charge in [0.05, 0.1) is 23.8 Å². The average Bonchev–Trinajstić information content (AvgIpc) is 2.46. The van der Waals surface area contributed by atoms with Gasteiger partial charge < -0.3 is 9.84 Å². The highest BCUT2D eigenvalue weighted by Gasteiger charge is 2.11. The molecule has 0 aliphatic rings. The number of methoxy groups -OCH3 is 1. The van der Waals surface area contributed by atoms with E-state index in [0.717, 1.165) is 12.1 Å². The lowest BCUT2D eigenvalue weighted by Crippen LogP contribution is -2.02. The number of nitro groups is 1. The minimum Gasteiger partial charge on any atom is -0.870 e. The van der Waals surface area contributed by atoms with Gasteiger partial charge in [-0.15, -0.1) is 0 Å². The van der Waals surface area contributed by atoms with Crippen molar-refractivity contribution in [2.24, 2.45) is 4.99 Å². The molecule has 7 heteroatoms. The summed E-state index contributed by atoms with van der Waals surface area (Å²) < 4.78 is 4.85. The number of benzene rings is 2. The standard InChI is InChI=1S/C14H11ClN2O4/c1-21-13-7-12(17(19)20)5-9(14(13)18)8-16-11-4-2-3-10(15)6-11/h2-8,18H,1H3/p-1. The molecule has 0 heterocycles. The number of non-ortho nitro benzene ring substituents is 1. The maximum Gasteiger partial charge on any atom is 0.273 e. The number of halogens is 1. The summed E-state index contributed by atoms with van der Waals surface area (Å²) in [5, 5.41) is 23.3. The molecule has 0 aliphatic heterocycles. The van der Waals surface area contributed by atoms with Gasteiger partial charge in [0.1, 0.15) is 5.75 Å². The Morgan fingerprint density at radius 2 is 2.10 bits per heavy atom. The molecule has 0 radical (unpaired) electrons. The summed E-state index contributed by atoms with van der Waals surface area (Å²) in [7, 11) is 1.28. The van der Waals surface area contributed by atoms with Crippen LogP contribution in [-0.2, 0) is 0 Å². The van der Waals surface area contributed by atoms with Crippen LogP contribution in [0.3, 0.4) is 0 Å². The quantitative estimate of drug-likeness (QED) is 0.493. The van der Waals surface area contributed by atoms with Crippen LogP contribution in [0, 0.1) is 10.1 Å². The average molecular weight is 306 g/mol. The number of nitro benzene ring substituents is 1. The van der Waals surface area contributed by atoms with Gasteiger partial charge in [0.25, 0.3) is 5.69 Å². The molecule has 0 bridgehead atoms. The number of rotatable bonds is 4. The zero-order valence-electron chi connectivity index (χ0n) is 10.9. The third-order valence-electron chi connectivity index (χ3n) is 2.66. The largest absolute Gasteiger partial charge is 0.870 e. The zero-order valence-corrected chi connectivity index (χ0v) is 11.7. The first kappa shape index (κ1) is 14.8. The van der Waals surface area contributed by atoms with E-state index in [2.05, 4.69) is 4.99 Å². The molecule has 0 fully saturated rings. The van der Waals surface area contributed by atoms with Gasteiger partial charge in [-0.2, -0.15) is 0 Å². The molecular formula is C14H10ClN2O4-. The van der Waals surface area contributed by atoms with Crippen molar-refractivity contribution in [3.8, 4) is 11.5 Å². The van der Waals surface area contributed by atoms with Gasteiger partial charge in [-0.25, -0.2) is 0 Å². The van der Waals surface area contributed by atoms with Crippen molar-refractivity contribution in [3.05, 3.63) is 57.1 Å². The Bertz CT molecular complexity index is 716. The highest BCUT2D eigenvalue weighted by atomic mass is 35.5. The Kier molecular flexibility index (Phi) is 4.39. The maximum atomic E-state index is 12.0. The molecule has 0 spiro atoms. The van der Waals surface area contributed by atoms with Gasteiger partial charge in [0.2, 0.25) is 0 Å². The lowest BCUT2D eigenvalue weighted by molar-refractivity contribution is -0.385. The monoisotopic (exact) mass is 305 g/mol. The molecular weight excluding hydrogens is 296 g/mol. The first-order valence-corrected chi connectivity index (χ1v) is 6.22. The molecule has 0 atom stereocenters. The number of ether oxygens (including phenoxy) is 1. The molecule has 0 aromatic heterocycles. The van der Waals surface area contributed by atoms with Crippen LogP contribution < -0.4 is 9.84 Å². The second-order valence-corrected chi connectivity index (χ2v) is 4.50. The summed E-state index contributed by atoms with van der Waals surface area (Å²) in [6.07, 6.45) is 1.25. The predicted molar refractivity (Wildman–Crippen MR) is 77.8 cm³/mol. The Balaban J connectivity index is 2.43. The Labute approximate surface area is 125 Å². The molecule has 21 heavy (non-hydrogen) atoms. The van der Waals surface area contributed by atoms with Crippen LogP contribution in [0.4, 0.5) is 11.4 Å². The summed E-state index contributed by atoms with van der Waals surface area (Å²) in [5.41, 5.74) is 0.368. The SMILES string of the molecule is COc1cc([N+](=O)[O-])cc(C=Nc2cccc(Cl)c2)c1[O-]. The van der Waals surface area contributed by atoms with Crippen molar-refractivity contribution in [2.75, 3.05) is 7.11 Å². The molecule has 2 aromatic carbocycles. The minimum absolute atomic E-state index is 0.0704. The Hall–Kier alpha value is -2.60. The van der Waals surface area contributed by atoms with Gasteiger partial charge in [0, 0.05) is 17.3 Å². The van der Waals surface area contributed by atoms with Crippen molar-refractivity contribution in [1.29, 1.82) is 0 Å². The van der Waals surface area contributed by atoms with Gasteiger partial charge in [0.15, 0.2) is 0 Å². The normalized spacial score (nSPS) is 10.8. The molecule has 108 valence electrons. The fourth-order valence-corrected chi connectivity index (χ4v) is 1.85. The van der Waals surface area contributed by atoms with E-state index in [1.807, 2.05) is 0 Å². The summed E-state index contributed by atoms with van der Waals surface area (Å²) in [6, 6.07) is 8.94. The van der Waals surface area contributed by atoms with Crippen molar-refractivity contribution >= 4 is 29.2 Å². The van der Waals surface area contributed by atoms with E-state index < -0.39 is 10.7 Å². The van der Waals surface area contributed by atoms with Crippen LogP contribution in [0.2, 0.25) is 5.02 Å². The van der Waals surface area contributed by atoms with Crippen molar-refractivity contribution in [3.63, 3.8) is 0 Å². The van der Waals surface area contributed by atoms with Gasteiger partial charge in [-0.05, 0) is 23.8 Å². The van der Waals surface area contributed by atoms with Crippen LogP contribution >= 0.6 is 11.6 Å². The Morgan fingerprint density at radius 3 is 2.71 bits per heavy atom. The van der Waals surface area contributed by atoms with Crippen LogP contribution in [0.15, 0.2) is 41.4 Å². The summed E-state index contributed by atoms with van der Waals surface area (Å²) >= 11 is 5.83. The summed E-state index contributed by atoms with van der Waals surface area (Å²) in [5.74, 6) is -0.564. The van der Waals surface area contributed by atoms with E-state index in [-0.39, 0.29) is 17.0 Å². The molecule has 0 saturated carbocycles. The second-order valence-electron chi connectivity index (χ2n) is 4.06. The highest BCUT2D eigenvalue weighted by molar-refractivity contribution is 6.30. The molecule has 0 saturated heterocycles. The van der Waals surface area contributed by atoms with E-state index in [9.17, 15) is 15.2 Å². The van der Waals surface area contributed by atoms with Gasteiger partial charge in [-0.1, -0.05) is 23.4 Å². The molecule has 2 rings (SSSR count). The maximum absolute atomic E-state index is 12.0. The van der Waals surface area contributed by atoms with Crippen molar-refractivity contribution in [1.82, 2.24) is 0 Å². The highest BCUT2D eigenvalue weighted by Crippen LogP contribution is 2.31. The second kappa shape index (κ2) is 6.23.